The van der Waals surface area contributed by atoms with E-state index >= 15 is 0 Å². The molecule has 0 bridgehead atoms. The quantitative estimate of drug-likeness (QED) is 0.865. The third-order valence-electron chi connectivity index (χ3n) is 3.08. The summed E-state index contributed by atoms with van der Waals surface area (Å²) in [6.45, 7) is 0.716. The van der Waals surface area contributed by atoms with Gasteiger partial charge in [-0.3, -0.25) is 0 Å². The van der Waals surface area contributed by atoms with Gasteiger partial charge in [-0.2, -0.15) is 5.26 Å². The summed E-state index contributed by atoms with van der Waals surface area (Å²) in [5.41, 5.74) is 9.32. The minimum atomic E-state index is 0.660. The maximum atomic E-state index is 8.80. The molecule has 2 N–H and O–H groups in total. The SMILES string of the molecule is COc1cc(N)cc(CN(C)c2ccc(C#N)cc2)c1. The summed E-state index contributed by atoms with van der Waals surface area (Å²) in [5.74, 6) is 0.758. The Balaban J connectivity index is 2.16. The van der Waals surface area contributed by atoms with Gasteiger partial charge in [0.1, 0.15) is 5.75 Å². The van der Waals surface area contributed by atoms with Crippen molar-refractivity contribution in [3.63, 3.8) is 0 Å². The highest BCUT2D eigenvalue weighted by molar-refractivity contribution is 5.52. The number of rotatable bonds is 4. The van der Waals surface area contributed by atoms with Gasteiger partial charge in [0.15, 0.2) is 0 Å². The van der Waals surface area contributed by atoms with Crippen LogP contribution in [0.2, 0.25) is 0 Å². The second-order valence-corrected chi connectivity index (χ2v) is 4.63. The van der Waals surface area contributed by atoms with Gasteiger partial charge in [-0.15, -0.1) is 0 Å². The van der Waals surface area contributed by atoms with Gasteiger partial charge in [-0.25, -0.2) is 0 Å². The Bertz CT molecular complexity index is 629. The highest BCUT2D eigenvalue weighted by atomic mass is 16.5. The van der Waals surface area contributed by atoms with Crippen molar-refractivity contribution in [2.75, 3.05) is 24.8 Å². The standard InChI is InChI=1S/C16H17N3O/c1-19(15-5-3-12(10-17)4-6-15)11-13-7-14(18)9-16(8-13)20-2/h3-9H,11,18H2,1-2H3. The molecule has 0 spiro atoms. The van der Waals surface area contributed by atoms with Gasteiger partial charge in [0, 0.05) is 31.0 Å². The van der Waals surface area contributed by atoms with E-state index in [0.29, 0.717) is 17.8 Å². The normalized spacial score (nSPS) is 9.85. The first-order chi connectivity index (χ1) is 9.62. The zero-order chi connectivity index (χ0) is 14.5. The van der Waals surface area contributed by atoms with Crippen molar-refractivity contribution in [1.29, 1.82) is 5.26 Å². The monoisotopic (exact) mass is 267 g/mol. The molecule has 2 aromatic rings. The van der Waals surface area contributed by atoms with E-state index in [1.165, 1.54) is 0 Å². The fourth-order valence-electron chi connectivity index (χ4n) is 2.05. The molecule has 0 saturated carbocycles. The molecule has 0 radical (unpaired) electrons. The molecule has 0 aliphatic heterocycles. The summed E-state index contributed by atoms with van der Waals surface area (Å²) < 4.78 is 5.22. The number of nitrogens with two attached hydrogens (primary N) is 1. The molecular formula is C16H17N3O. The lowest BCUT2D eigenvalue weighted by atomic mass is 10.1. The Morgan fingerprint density at radius 3 is 2.50 bits per heavy atom. The molecule has 0 unspecified atom stereocenters. The number of nitrogen functional groups attached to an aromatic ring is 1. The molecule has 0 aliphatic rings. The number of hydrogen-bond donors (Lipinski definition) is 1. The Labute approximate surface area is 119 Å². The topological polar surface area (TPSA) is 62.3 Å². The van der Waals surface area contributed by atoms with Gasteiger partial charge in [0.05, 0.1) is 18.7 Å². The largest absolute Gasteiger partial charge is 0.497 e. The third-order valence-corrected chi connectivity index (χ3v) is 3.08. The van der Waals surface area contributed by atoms with E-state index in [0.717, 1.165) is 17.0 Å². The fraction of sp³-hybridized carbons (Fsp3) is 0.188. The molecule has 0 fully saturated rings. The minimum absolute atomic E-state index is 0.660. The van der Waals surface area contributed by atoms with E-state index in [4.69, 9.17) is 15.7 Å². The minimum Gasteiger partial charge on any atom is -0.497 e. The average Bonchev–Trinajstić information content (AvgIpc) is 2.46. The van der Waals surface area contributed by atoms with Crippen LogP contribution < -0.4 is 15.4 Å². The lowest BCUT2D eigenvalue weighted by Gasteiger charge is -2.20. The number of nitriles is 1. The molecule has 0 heterocycles. The predicted octanol–water partition coefficient (Wildman–Crippen LogP) is 2.79. The third kappa shape index (κ3) is 3.21. The zero-order valence-corrected chi connectivity index (χ0v) is 11.6. The molecule has 0 atom stereocenters. The van der Waals surface area contributed by atoms with Gasteiger partial charge >= 0.3 is 0 Å². The molecule has 4 nitrogen and oxygen atoms in total. The molecule has 0 aliphatic carbocycles. The maximum Gasteiger partial charge on any atom is 0.121 e. The van der Waals surface area contributed by atoms with E-state index in [-0.39, 0.29) is 0 Å². The van der Waals surface area contributed by atoms with Crippen molar-refractivity contribution < 1.29 is 4.74 Å². The van der Waals surface area contributed by atoms with Gasteiger partial charge < -0.3 is 15.4 Å². The lowest BCUT2D eigenvalue weighted by molar-refractivity contribution is 0.414. The van der Waals surface area contributed by atoms with Gasteiger partial charge in [0.25, 0.3) is 0 Å². The Morgan fingerprint density at radius 2 is 1.90 bits per heavy atom. The van der Waals surface area contributed by atoms with Crippen LogP contribution in [-0.4, -0.2) is 14.2 Å². The molecule has 2 rings (SSSR count). The second kappa shape index (κ2) is 5.98. The summed E-state index contributed by atoms with van der Waals surface area (Å²) in [6.07, 6.45) is 0. The molecule has 0 saturated heterocycles. The molecule has 20 heavy (non-hydrogen) atoms. The lowest BCUT2D eigenvalue weighted by Crippen LogP contribution is -2.16. The molecule has 2 aromatic carbocycles. The number of nitrogens with zero attached hydrogens (tertiary/aromatic N) is 2. The molecule has 0 amide bonds. The van der Waals surface area contributed by atoms with Crippen LogP contribution in [0, 0.1) is 11.3 Å². The van der Waals surface area contributed by atoms with Gasteiger partial charge in [-0.1, -0.05) is 0 Å². The highest BCUT2D eigenvalue weighted by Crippen LogP contribution is 2.22. The van der Waals surface area contributed by atoms with Crippen molar-refractivity contribution in [2.45, 2.75) is 6.54 Å². The first kappa shape index (κ1) is 13.8. The first-order valence-electron chi connectivity index (χ1n) is 6.27. The number of methoxy groups -OCH3 is 1. The molecule has 0 aromatic heterocycles. The predicted molar refractivity (Wildman–Crippen MR) is 80.7 cm³/mol. The van der Waals surface area contributed by atoms with E-state index < -0.39 is 0 Å². The first-order valence-corrected chi connectivity index (χ1v) is 6.27. The van der Waals surface area contributed by atoms with Crippen LogP contribution in [0.5, 0.6) is 5.75 Å². The van der Waals surface area contributed by atoms with Crippen molar-refractivity contribution >= 4 is 11.4 Å². The number of ether oxygens (including phenoxy) is 1. The van der Waals surface area contributed by atoms with E-state index in [2.05, 4.69) is 11.0 Å². The number of benzene rings is 2. The van der Waals surface area contributed by atoms with Crippen molar-refractivity contribution in [3.05, 3.63) is 53.6 Å². The Morgan fingerprint density at radius 1 is 1.20 bits per heavy atom. The van der Waals surface area contributed by atoms with Crippen LogP contribution in [0.25, 0.3) is 0 Å². The molecule has 102 valence electrons. The van der Waals surface area contributed by atoms with Crippen LogP contribution in [0.3, 0.4) is 0 Å². The second-order valence-electron chi connectivity index (χ2n) is 4.63. The fourth-order valence-corrected chi connectivity index (χ4v) is 2.05. The van der Waals surface area contributed by atoms with Crippen LogP contribution in [-0.2, 0) is 6.54 Å². The summed E-state index contributed by atoms with van der Waals surface area (Å²) in [4.78, 5) is 2.09. The summed E-state index contributed by atoms with van der Waals surface area (Å²) in [7, 11) is 3.62. The summed E-state index contributed by atoms with van der Waals surface area (Å²) in [5, 5.41) is 8.80. The summed E-state index contributed by atoms with van der Waals surface area (Å²) in [6, 6.07) is 15.3. The van der Waals surface area contributed by atoms with Crippen LogP contribution in [0.15, 0.2) is 42.5 Å². The van der Waals surface area contributed by atoms with E-state index in [1.54, 1.807) is 13.2 Å². The van der Waals surface area contributed by atoms with Crippen LogP contribution >= 0.6 is 0 Å². The van der Waals surface area contributed by atoms with E-state index in [1.807, 2.05) is 43.4 Å². The van der Waals surface area contributed by atoms with Gasteiger partial charge in [-0.05, 0) is 42.0 Å². The molecular weight excluding hydrogens is 250 g/mol. The zero-order valence-electron chi connectivity index (χ0n) is 11.6. The van der Waals surface area contributed by atoms with Crippen molar-refractivity contribution in [1.82, 2.24) is 0 Å². The Hall–Kier alpha value is -2.67. The maximum absolute atomic E-state index is 8.80. The summed E-state index contributed by atoms with van der Waals surface area (Å²) >= 11 is 0. The number of hydrogen-bond acceptors (Lipinski definition) is 4. The number of anilines is 2. The van der Waals surface area contributed by atoms with Crippen molar-refractivity contribution in [2.24, 2.45) is 0 Å². The van der Waals surface area contributed by atoms with Gasteiger partial charge in [0.2, 0.25) is 0 Å². The smallest absolute Gasteiger partial charge is 0.121 e. The van der Waals surface area contributed by atoms with Crippen LogP contribution in [0.1, 0.15) is 11.1 Å². The molecule has 4 heteroatoms. The van der Waals surface area contributed by atoms with Crippen molar-refractivity contribution in [3.8, 4) is 11.8 Å². The average molecular weight is 267 g/mol. The highest BCUT2D eigenvalue weighted by Gasteiger charge is 2.05. The van der Waals surface area contributed by atoms with Crippen LogP contribution in [0.4, 0.5) is 11.4 Å². The Kier molecular flexibility index (Phi) is 4.11. The van der Waals surface area contributed by atoms with E-state index in [9.17, 15) is 0 Å².